The van der Waals surface area contributed by atoms with Gasteiger partial charge in [-0.1, -0.05) is 6.92 Å². The van der Waals surface area contributed by atoms with E-state index in [1.165, 1.54) is 13.2 Å². The maximum atomic E-state index is 13.7. The van der Waals surface area contributed by atoms with E-state index in [0.29, 0.717) is 12.2 Å². The molecule has 0 spiro atoms. The Hall–Kier alpha value is -1.29. The third-order valence-corrected chi connectivity index (χ3v) is 1.98. The minimum absolute atomic E-state index is 0.0473. The number of halogens is 1. The predicted molar refractivity (Wildman–Crippen MR) is 54.7 cm³/mol. The van der Waals surface area contributed by atoms with E-state index in [2.05, 4.69) is 0 Å². The van der Waals surface area contributed by atoms with Gasteiger partial charge < -0.3 is 14.6 Å². The highest BCUT2D eigenvalue weighted by Crippen LogP contribution is 2.30. The molecule has 84 valence electrons. The van der Waals surface area contributed by atoms with Crippen molar-refractivity contribution in [3.8, 4) is 11.5 Å². The fourth-order valence-electron chi connectivity index (χ4n) is 1.25. The second-order valence-corrected chi connectivity index (χ2v) is 3.08. The summed E-state index contributed by atoms with van der Waals surface area (Å²) < 4.78 is 23.7. The third-order valence-electron chi connectivity index (χ3n) is 1.98. The summed E-state index contributed by atoms with van der Waals surface area (Å²) >= 11 is 0. The van der Waals surface area contributed by atoms with E-state index in [-0.39, 0.29) is 18.1 Å². The van der Waals surface area contributed by atoms with Gasteiger partial charge in [-0.05, 0) is 18.6 Å². The predicted octanol–water partition coefficient (Wildman–Crippen LogP) is 2.12. The van der Waals surface area contributed by atoms with Crippen LogP contribution in [0.3, 0.4) is 0 Å². The van der Waals surface area contributed by atoms with E-state index in [9.17, 15) is 4.39 Å². The Morgan fingerprint density at radius 1 is 1.40 bits per heavy atom. The Morgan fingerprint density at radius 2 is 2.13 bits per heavy atom. The molecule has 0 atom stereocenters. The minimum atomic E-state index is -0.558. The maximum Gasteiger partial charge on any atom is 0.207 e. The first-order valence-electron chi connectivity index (χ1n) is 4.83. The first-order chi connectivity index (χ1) is 7.24. The Balaban J connectivity index is 3.00. The number of rotatable bonds is 5. The van der Waals surface area contributed by atoms with Crippen molar-refractivity contribution >= 4 is 0 Å². The van der Waals surface area contributed by atoms with Gasteiger partial charge in [-0.15, -0.1) is 0 Å². The molecule has 0 aliphatic carbocycles. The largest absolute Gasteiger partial charge is 0.493 e. The van der Waals surface area contributed by atoms with Crippen LogP contribution >= 0.6 is 0 Å². The standard InChI is InChI=1S/C11H15FO3/c1-3-6-15-9-5-4-8(7-13)11(14-2)10(9)12/h4-5,13H,3,6-7H2,1-2H3. The van der Waals surface area contributed by atoms with Gasteiger partial charge in [0.25, 0.3) is 0 Å². The molecule has 0 saturated carbocycles. The molecule has 4 heteroatoms. The van der Waals surface area contributed by atoms with Gasteiger partial charge in [-0.25, -0.2) is 0 Å². The fraction of sp³-hybridized carbons (Fsp3) is 0.455. The van der Waals surface area contributed by atoms with Crippen LogP contribution in [0.25, 0.3) is 0 Å². The topological polar surface area (TPSA) is 38.7 Å². The molecule has 0 heterocycles. The molecule has 1 aromatic rings. The zero-order valence-electron chi connectivity index (χ0n) is 8.92. The van der Waals surface area contributed by atoms with Gasteiger partial charge in [-0.3, -0.25) is 0 Å². The van der Waals surface area contributed by atoms with Crippen LogP contribution in [-0.2, 0) is 6.61 Å². The SMILES string of the molecule is CCCOc1ccc(CO)c(OC)c1F. The molecule has 0 aliphatic heterocycles. The lowest BCUT2D eigenvalue weighted by atomic mass is 10.2. The van der Waals surface area contributed by atoms with Crippen molar-refractivity contribution in [2.24, 2.45) is 0 Å². The highest BCUT2D eigenvalue weighted by molar-refractivity contribution is 5.42. The molecule has 0 fully saturated rings. The second-order valence-electron chi connectivity index (χ2n) is 3.08. The zero-order chi connectivity index (χ0) is 11.3. The molecule has 3 nitrogen and oxygen atoms in total. The van der Waals surface area contributed by atoms with E-state index >= 15 is 0 Å². The average Bonchev–Trinajstić information content (AvgIpc) is 2.27. The summed E-state index contributed by atoms with van der Waals surface area (Å²) in [6, 6.07) is 3.09. The van der Waals surface area contributed by atoms with Crippen LogP contribution in [0.4, 0.5) is 4.39 Å². The van der Waals surface area contributed by atoms with Gasteiger partial charge >= 0.3 is 0 Å². The highest BCUT2D eigenvalue weighted by atomic mass is 19.1. The summed E-state index contributed by atoms with van der Waals surface area (Å²) in [7, 11) is 1.36. The van der Waals surface area contributed by atoms with Crippen LogP contribution in [-0.4, -0.2) is 18.8 Å². The highest BCUT2D eigenvalue weighted by Gasteiger charge is 2.14. The molecular weight excluding hydrogens is 199 g/mol. The summed E-state index contributed by atoms with van der Waals surface area (Å²) in [5, 5.41) is 8.95. The molecule has 0 unspecified atom stereocenters. The summed E-state index contributed by atoms with van der Waals surface area (Å²) in [5.41, 5.74) is 0.416. The van der Waals surface area contributed by atoms with Crippen LogP contribution in [0, 0.1) is 5.82 Å². The number of aliphatic hydroxyl groups excluding tert-OH is 1. The molecule has 15 heavy (non-hydrogen) atoms. The van der Waals surface area contributed by atoms with Crippen LogP contribution in [0.1, 0.15) is 18.9 Å². The Morgan fingerprint density at radius 3 is 2.67 bits per heavy atom. The first-order valence-corrected chi connectivity index (χ1v) is 4.83. The molecule has 1 aromatic carbocycles. The van der Waals surface area contributed by atoms with Gasteiger partial charge in [0, 0.05) is 5.56 Å². The average molecular weight is 214 g/mol. The van der Waals surface area contributed by atoms with Crippen LogP contribution in [0.2, 0.25) is 0 Å². The number of benzene rings is 1. The van der Waals surface area contributed by atoms with E-state index in [1.807, 2.05) is 6.92 Å². The normalized spacial score (nSPS) is 10.1. The second kappa shape index (κ2) is 5.56. The summed E-state index contributed by atoms with van der Waals surface area (Å²) in [6.45, 7) is 2.14. The Kier molecular flexibility index (Phi) is 4.37. The first kappa shape index (κ1) is 11.8. The quantitative estimate of drug-likeness (QED) is 0.815. The fourth-order valence-corrected chi connectivity index (χ4v) is 1.25. The third kappa shape index (κ3) is 2.59. The Bertz CT molecular complexity index is 326. The smallest absolute Gasteiger partial charge is 0.207 e. The number of hydrogen-bond acceptors (Lipinski definition) is 3. The van der Waals surface area contributed by atoms with E-state index in [4.69, 9.17) is 14.6 Å². The summed E-state index contributed by atoms with van der Waals surface area (Å²) in [6.07, 6.45) is 0.809. The lowest BCUT2D eigenvalue weighted by Gasteiger charge is -2.11. The van der Waals surface area contributed by atoms with Crippen LogP contribution in [0.5, 0.6) is 11.5 Å². The van der Waals surface area contributed by atoms with Crippen LogP contribution < -0.4 is 9.47 Å². The van der Waals surface area contributed by atoms with Gasteiger partial charge in [-0.2, -0.15) is 4.39 Å². The molecule has 1 N–H and O–H groups in total. The molecule has 0 radical (unpaired) electrons. The molecule has 0 bridgehead atoms. The van der Waals surface area contributed by atoms with Crippen molar-refractivity contribution in [3.05, 3.63) is 23.5 Å². The van der Waals surface area contributed by atoms with Crippen LogP contribution in [0.15, 0.2) is 12.1 Å². The van der Waals surface area contributed by atoms with Crippen molar-refractivity contribution in [2.75, 3.05) is 13.7 Å². The maximum absolute atomic E-state index is 13.7. The number of aliphatic hydroxyl groups is 1. The molecule has 0 aromatic heterocycles. The number of ether oxygens (including phenoxy) is 2. The lowest BCUT2D eigenvalue weighted by Crippen LogP contribution is -2.01. The van der Waals surface area contributed by atoms with E-state index in [1.54, 1.807) is 6.07 Å². The summed E-state index contributed by atoms with van der Waals surface area (Å²) in [5.74, 6) is -0.352. The van der Waals surface area contributed by atoms with Gasteiger partial charge in [0.1, 0.15) is 0 Å². The molecule has 0 saturated heterocycles. The number of hydrogen-bond donors (Lipinski definition) is 1. The van der Waals surface area contributed by atoms with E-state index < -0.39 is 5.82 Å². The number of methoxy groups -OCH3 is 1. The lowest BCUT2D eigenvalue weighted by molar-refractivity contribution is 0.264. The van der Waals surface area contributed by atoms with Crippen molar-refractivity contribution in [1.29, 1.82) is 0 Å². The van der Waals surface area contributed by atoms with Crippen molar-refractivity contribution in [2.45, 2.75) is 20.0 Å². The van der Waals surface area contributed by atoms with Crippen molar-refractivity contribution in [1.82, 2.24) is 0 Å². The van der Waals surface area contributed by atoms with E-state index in [0.717, 1.165) is 6.42 Å². The summed E-state index contributed by atoms with van der Waals surface area (Å²) in [4.78, 5) is 0. The van der Waals surface area contributed by atoms with Crippen molar-refractivity contribution < 1.29 is 19.0 Å². The van der Waals surface area contributed by atoms with Gasteiger partial charge in [0.15, 0.2) is 11.5 Å². The molecule has 1 rings (SSSR count). The monoisotopic (exact) mass is 214 g/mol. The molecule has 0 aliphatic rings. The Labute approximate surface area is 88.4 Å². The molecular formula is C11H15FO3. The van der Waals surface area contributed by atoms with Gasteiger partial charge in [0.05, 0.1) is 20.3 Å². The molecule has 0 amide bonds. The minimum Gasteiger partial charge on any atom is -0.493 e. The zero-order valence-corrected chi connectivity index (χ0v) is 8.92. The van der Waals surface area contributed by atoms with Crippen molar-refractivity contribution in [3.63, 3.8) is 0 Å². The van der Waals surface area contributed by atoms with Gasteiger partial charge in [0.2, 0.25) is 5.82 Å².